The SMILES string of the molecule is Cc1ccc(-c2noc(CN(C)S(=O)(=O)c3ccc4c(c3)sc(=O)n4Cc3ccccc3Cl)n2)cc1. The van der Waals surface area contributed by atoms with E-state index in [0.717, 1.165) is 32.3 Å². The van der Waals surface area contributed by atoms with Crippen LogP contribution in [0, 0.1) is 6.92 Å². The zero-order valence-electron chi connectivity index (χ0n) is 19.4. The van der Waals surface area contributed by atoms with Crippen LogP contribution in [0.3, 0.4) is 0 Å². The maximum atomic E-state index is 13.3. The molecule has 0 bridgehead atoms. The smallest absolute Gasteiger partial charge is 0.308 e. The summed E-state index contributed by atoms with van der Waals surface area (Å²) < 4.78 is 35.1. The molecular formula is C25H21ClN4O4S2. The Morgan fingerprint density at radius 3 is 2.58 bits per heavy atom. The van der Waals surface area contributed by atoms with Crippen LogP contribution in [0.4, 0.5) is 0 Å². The van der Waals surface area contributed by atoms with Crippen LogP contribution in [-0.2, 0) is 23.1 Å². The highest BCUT2D eigenvalue weighted by Gasteiger charge is 2.24. The fourth-order valence-electron chi connectivity index (χ4n) is 3.75. The van der Waals surface area contributed by atoms with Gasteiger partial charge in [0.25, 0.3) is 0 Å². The molecule has 36 heavy (non-hydrogen) atoms. The molecular weight excluding hydrogens is 520 g/mol. The van der Waals surface area contributed by atoms with Crippen LogP contribution >= 0.6 is 22.9 Å². The summed E-state index contributed by atoms with van der Waals surface area (Å²) in [7, 11) is -2.43. The number of rotatable bonds is 7. The molecule has 0 aliphatic heterocycles. The molecule has 0 N–H and O–H groups in total. The van der Waals surface area contributed by atoms with Crippen molar-refractivity contribution in [3.05, 3.63) is 98.4 Å². The lowest BCUT2D eigenvalue weighted by molar-refractivity contribution is 0.337. The summed E-state index contributed by atoms with van der Waals surface area (Å²) in [5, 5.41) is 4.53. The molecule has 5 rings (SSSR count). The van der Waals surface area contributed by atoms with E-state index in [2.05, 4.69) is 10.1 Å². The first-order valence-electron chi connectivity index (χ1n) is 10.9. The quantitative estimate of drug-likeness (QED) is 0.290. The van der Waals surface area contributed by atoms with Gasteiger partial charge in [0.05, 0.1) is 28.2 Å². The van der Waals surface area contributed by atoms with Crippen molar-refractivity contribution in [2.24, 2.45) is 0 Å². The van der Waals surface area contributed by atoms with Gasteiger partial charge in [0.15, 0.2) is 0 Å². The number of benzene rings is 3. The lowest BCUT2D eigenvalue weighted by atomic mass is 10.1. The first-order chi connectivity index (χ1) is 17.2. The predicted octanol–water partition coefficient (Wildman–Crippen LogP) is 4.94. The second kappa shape index (κ2) is 9.62. The summed E-state index contributed by atoms with van der Waals surface area (Å²) >= 11 is 7.25. The van der Waals surface area contributed by atoms with Gasteiger partial charge < -0.3 is 4.52 Å². The highest BCUT2D eigenvalue weighted by Crippen LogP contribution is 2.26. The second-order valence-electron chi connectivity index (χ2n) is 8.31. The van der Waals surface area contributed by atoms with E-state index in [4.69, 9.17) is 16.1 Å². The van der Waals surface area contributed by atoms with Gasteiger partial charge in [-0.1, -0.05) is 76.1 Å². The number of sulfonamides is 1. The van der Waals surface area contributed by atoms with Crippen LogP contribution < -0.4 is 4.87 Å². The topological polar surface area (TPSA) is 98.3 Å². The van der Waals surface area contributed by atoms with Gasteiger partial charge >= 0.3 is 4.87 Å². The van der Waals surface area contributed by atoms with Crippen LogP contribution in [0.25, 0.3) is 21.6 Å². The molecule has 0 radical (unpaired) electrons. The molecule has 0 fully saturated rings. The van der Waals surface area contributed by atoms with Crippen molar-refractivity contribution < 1.29 is 12.9 Å². The maximum Gasteiger partial charge on any atom is 0.308 e. The third-order valence-corrected chi connectivity index (χ3v) is 8.88. The molecule has 2 aromatic heterocycles. The molecule has 0 aliphatic rings. The van der Waals surface area contributed by atoms with Gasteiger partial charge in [-0.3, -0.25) is 9.36 Å². The van der Waals surface area contributed by atoms with Gasteiger partial charge in [0.1, 0.15) is 0 Å². The number of hydrogen-bond acceptors (Lipinski definition) is 7. The van der Waals surface area contributed by atoms with Crippen molar-refractivity contribution in [1.82, 2.24) is 19.0 Å². The Bertz CT molecular complexity index is 1720. The highest BCUT2D eigenvalue weighted by molar-refractivity contribution is 7.89. The van der Waals surface area contributed by atoms with Crippen LogP contribution in [0.2, 0.25) is 5.02 Å². The predicted molar refractivity (Wildman–Crippen MR) is 140 cm³/mol. The number of hydrogen-bond donors (Lipinski definition) is 0. The van der Waals surface area contributed by atoms with Crippen molar-refractivity contribution in [2.45, 2.75) is 24.9 Å². The summed E-state index contributed by atoms with van der Waals surface area (Å²) in [6.07, 6.45) is 0. The van der Waals surface area contributed by atoms with Gasteiger partial charge in [-0.25, -0.2) is 8.42 Å². The van der Waals surface area contributed by atoms with Crippen molar-refractivity contribution in [3.8, 4) is 11.4 Å². The third kappa shape index (κ3) is 4.72. The Morgan fingerprint density at radius 1 is 1.08 bits per heavy atom. The second-order valence-corrected chi connectivity index (χ2v) is 11.8. The van der Waals surface area contributed by atoms with Gasteiger partial charge in [-0.15, -0.1) is 0 Å². The molecule has 0 saturated carbocycles. The third-order valence-electron chi connectivity index (χ3n) is 5.77. The first kappa shape index (κ1) is 24.4. The minimum Gasteiger partial charge on any atom is -0.338 e. The van der Waals surface area contributed by atoms with E-state index >= 15 is 0 Å². The average Bonchev–Trinajstić information content (AvgIpc) is 3.44. The normalized spacial score (nSPS) is 12.0. The van der Waals surface area contributed by atoms with E-state index in [1.807, 2.05) is 49.4 Å². The number of aryl methyl sites for hydroxylation is 1. The molecule has 3 aromatic carbocycles. The van der Waals surface area contributed by atoms with E-state index in [9.17, 15) is 13.2 Å². The van der Waals surface area contributed by atoms with Gasteiger partial charge in [-0.2, -0.15) is 9.29 Å². The van der Waals surface area contributed by atoms with Crippen LogP contribution in [0.1, 0.15) is 17.0 Å². The van der Waals surface area contributed by atoms with E-state index in [1.54, 1.807) is 16.7 Å². The minimum atomic E-state index is -3.88. The number of fused-ring (bicyclic) bond motifs is 1. The van der Waals surface area contributed by atoms with Crippen molar-refractivity contribution in [1.29, 1.82) is 0 Å². The molecule has 0 saturated heterocycles. The number of halogens is 1. The summed E-state index contributed by atoms with van der Waals surface area (Å²) in [4.78, 5) is 16.9. The molecule has 0 unspecified atom stereocenters. The Labute approximate surface area is 216 Å². The van der Waals surface area contributed by atoms with Crippen LogP contribution in [0.15, 0.2) is 80.9 Å². The molecule has 184 valence electrons. The fourth-order valence-corrected chi connectivity index (χ4v) is 6.10. The Balaban J connectivity index is 1.39. The average molecular weight is 541 g/mol. The molecule has 0 spiro atoms. The first-order valence-corrected chi connectivity index (χ1v) is 13.6. The van der Waals surface area contributed by atoms with Gasteiger partial charge in [0.2, 0.25) is 21.7 Å². The van der Waals surface area contributed by atoms with E-state index in [1.165, 1.54) is 19.2 Å². The largest absolute Gasteiger partial charge is 0.338 e. The number of aromatic nitrogens is 3. The van der Waals surface area contributed by atoms with E-state index < -0.39 is 10.0 Å². The molecule has 0 aliphatic carbocycles. The summed E-state index contributed by atoms with van der Waals surface area (Å²) in [6, 6.07) is 19.6. The van der Waals surface area contributed by atoms with Crippen molar-refractivity contribution in [3.63, 3.8) is 0 Å². The molecule has 8 nitrogen and oxygen atoms in total. The summed E-state index contributed by atoms with van der Waals surface area (Å²) in [5.41, 5.74) is 3.34. The fraction of sp³-hybridized carbons (Fsp3) is 0.160. The van der Waals surface area contributed by atoms with Crippen LogP contribution in [0.5, 0.6) is 0 Å². The van der Waals surface area contributed by atoms with E-state index in [-0.39, 0.29) is 22.2 Å². The van der Waals surface area contributed by atoms with Crippen molar-refractivity contribution in [2.75, 3.05) is 7.05 Å². The minimum absolute atomic E-state index is 0.0712. The van der Waals surface area contributed by atoms with Crippen LogP contribution in [-0.4, -0.2) is 34.5 Å². The maximum absolute atomic E-state index is 13.3. The molecule has 0 amide bonds. The molecule has 0 atom stereocenters. The zero-order valence-corrected chi connectivity index (χ0v) is 21.8. The monoisotopic (exact) mass is 540 g/mol. The van der Waals surface area contributed by atoms with Gasteiger partial charge in [0, 0.05) is 17.6 Å². The number of thiazole rings is 1. The number of nitrogens with zero attached hydrogens (tertiary/aromatic N) is 4. The molecule has 5 aromatic rings. The molecule has 2 heterocycles. The Kier molecular flexibility index (Phi) is 6.52. The summed E-state index contributed by atoms with van der Waals surface area (Å²) in [6.45, 7) is 2.18. The standard InChI is InChI=1S/C25H21ClN4O4S2/c1-16-7-9-17(10-8-16)24-27-23(34-28-24)15-29(2)36(32,33)19-11-12-21-22(13-19)35-25(31)30(21)14-18-5-3-4-6-20(18)26/h3-13H,14-15H2,1-2H3. The molecule has 11 heteroatoms. The Morgan fingerprint density at radius 2 is 1.83 bits per heavy atom. The lowest BCUT2D eigenvalue weighted by Gasteiger charge is -2.15. The Hall–Kier alpha value is -3.31. The summed E-state index contributed by atoms with van der Waals surface area (Å²) in [5.74, 6) is 0.565. The zero-order chi connectivity index (χ0) is 25.4. The van der Waals surface area contributed by atoms with Crippen molar-refractivity contribution >= 4 is 43.2 Å². The van der Waals surface area contributed by atoms with E-state index in [0.29, 0.717) is 27.6 Å². The highest BCUT2D eigenvalue weighted by atomic mass is 35.5. The lowest BCUT2D eigenvalue weighted by Crippen LogP contribution is -2.26. The van der Waals surface area contributed by atoms with Gasteiger partial charge in [-0.05, 0) is 36.8 Å².